The maximum Gasteiger partial charge on any atom is 0.270 e. The third kappa shape index (κ3) is 4.15. The number of thiazole rings is 1. The van der Waals surface area contributed by atoms with Crippen LogP contribution in [-0.2, 0) is 0 Å². The second-order valence-corrected chi connectivity index (χ2v) is 7.52. The summed E-state index contributed by atoms with van der Waals surface area (Å²) in [5.74, 6) is 1.18. The third-order valence-corrected chi connectivity index (χ3v) is 5.38. The molecule has 2 aromatic heterocycles. The predicted molar refractivity (Wildman–Crippen MR) is 117 cm³/mol. The van der Waals surface area contributed by atoms with Crippen molar-refractivity contribution in [1.29, 1.82) is 5.26 Å². The molecule has 4 aromatic rings. The van der Waals surface area contributed by atoms with Crippen LogP contribution in [0.3, 0.4) is 0 Å². The van der Waals surface area contributed by atoms with E-state index in [2.05, 4.69) is 11.1 Å². The Morgan fingerprint density at radius 2 is 1.97 bits per heavy atom. The highest BCUT2D eigenvalue weighted by Crippen LogP contribution is 2.30. The molecule has 2 aromatic carbocycles. The second kappa shape index (κ2) is 8.33. The molecule has 6 nitrogen and oxygen atoms in total. The normalized spacial score (nSPS) is 11.3. The number of aromatic nitrogens is 1. The lowest BCUT2D eigenvalue weighted by Gasteiger charge is -1.97. The Labute approximate surface area is 180 Å². The van der Waals surface area contributed by atoms with Gasteiger partial charge in [0, 0.05) is 39.7 Å². The van der Waals surface area contributed by atoms with Crippen molar-refractivity contribution >= 4 is 40.3 Å². The molecule has 0 saturated heterocycles. The van der Waals surface area contributed by atoms with Crippen molar-refractivity contribution in [3.05, 3.63) is 91.9 Å². The van der Waals surface area contributed by atoms with Crippen LogP contribution in [0.5, 0.6) is 0 Å². The summed E-state index contributed by atoms with van der Waals surface area (Å²) in [6, 6.07) is 19.2. The van der Waals surface area contributed by atoms with Crippen LogP contribution in [0, 0.1) is 21.4 Å². The SMILES string of the molecule is N#C/C(=C\c1ccc(-c2ccc(Cl)cc2)o1)c1nc(-c2cccc([N+](=O)[O-])c2)cs1. The van der Waals surface area contributed by atoms with Crippen LogP contribution in [0.4, 0.5) is 5.69 Å². The van der Waals surface area contributed by atoms with Gasteiger partial charge in [-0.1, -0.05) is 23.7 Å². The number of rotatable bonds is 5. The molecule has 4 rings (SSSR count). The van der Waals surface area contributed by atoms with E-state index in [0.29, 0.717) is 38.4 Å². The van der Waals surface area contributed by atoms with Crippen LogP contribution in [0.1, 0.15) is 10.8 Å². The minimum atomic E-state index is -0.452. The monoisotopic (exact) mass is 433 g/mol. The van der Waals surface area contributed by atoms with Gasteiger partial charge in [0.25, 0.3) is 5.69 Å². The van der Waals surface area contributed by atoms with Crippen molar-refractivity contribution in [2.24, 2.45) is 0 Å². The molecule has 0 aliphatic rings. The number of hydrogen-bond acceptors (Lipinski definition) is 6. The summed E-state index contributed by atoms with van der Waals surface area (Å²) in [6.45, 7) is 0. The van der Waals surface area contributed by atoms with Gasteiger partial charge in [0.15, 0.2) is 0 Å². The van der Waals surface area contributed by atoms with E-state index >= 15 is 0 Å². The van der Waals surface area contributed by atoms with Gasteiger partial charge in [0.1, 0.15) is 22.6 Å². The highest BCUT2D eigenvalue weighted by Gasteiger charge is 2.13. The minimum absolute atomic E-state index is 0.0107. The summed E-state index contributed by atoms with van der Waals surface area (Å²) in [5, 5.41) is 23.5. The Hall–Kier alpha value is -3.73. The average molecular weight is 434 g/mol. The van der Waals surface area contributed by atoms with Gasteiger partial charge in [-0.25, -0.2) is 4.98 Å². The topological polar surface area (TPSA) is 93.0 Å². The second-order valence-electron chi connectivity index (χ2n) is 6.22. The smallest absolute Gasteiger partial charge is 0.270 e. The standard InChI is InChI=1S/C22H12ClN3O3S/c23-17-6-4-14(5-7-17)21-9-8-19(29-21)11-16(12-24)22-25-20(13-30-22)15-2-1-3-18(10-15)26(27)28/h1-11,13H/b16-11+. The fourth-order valence-corrected chi connectivity index (χ4v) is 3.71. The van der Waals surface area contributed by atoms with Crippen LogP contribution >= 0.6 is 22.9 Å². The van der Waals surface area contributed by atoms with Gasteiger partial charge < -0.3 is 4.42 Å². The summed E-state index contributed by atoms with van der Waals surface area (Å²) in [6.07, 6.45) is 1.62. The maximum atomic E-state index is 11.0. The molecule has 0 radical (unpaired) electrons. The van der Waals surface area contributed by atoms with Crippen LogP contribution < -0.4 is 0 Å². The van der Waals surface area contributed by atoms with Crippen molar-refractivity contribution in [2.75, 3.05) is 0 Å². The first-order chi connectivity index (χ1) is 14.5. The zero-order chi connectivity index (χ0) is 21.1. The van der Waals surface area contributed by atoms with Crippen LogP contribution in [0.15, 0.2) is 70.5 Å². The average Bonchev–Trinajstić information content (AvgIpc) is 3.43. The molecule has 0 aliphatic carbocycles. The molecule has 30 heavy (non-hydrogen) atoms. The Kier molecular flexibility index (Phi) is 5.44. The van der Waals surface area contributed by atoms with Gasteiger partial charge in [-0.2, -0.15) is 5.26 Å². The number of allylic oxidation sites excluding steroid dienone is 1. The van der Waals surface area contributed by atoms with Crippen molar-refractivity contribution in [3.63, 3.8) is 0 Å². The molecule has 146 valence electrons. The molecule has 0 atom stereocenters. The summed E-state index contributed by atoms with van der Waals surface area (Å²) in [4.78, 5) is 15.0. The Morgan fingerprint density at radius 3 is 2.70 bits per heavy atom. The first-order valence-electron chi connectivity index (χ1n) is 8.72. The quantitative estimate of drug-likeness (QED) is 0.198. The first-order valence-corrected chi connectivity index (χ1v) is 9.97. The number of hydrogen-bond donors (Lipinski definition) is 0. The number of furan rings is 1. The Bertz CT molecular complexity index is 1300. The van der Waals surface area contributed by atoms with Crippen LogP contribution in [0.25, 0.3) is 34.2 Å². The molecule has 8 heteroatoms. The molecule has 0 unspecified atom stereocenters. The zero-order valence-electron chi connectivity index (χ0n) is 15.3. The maximum absolute atomic E-state index is 11.0. The summed E-state index contributed by atoms with van der Waals surface area (Å²) in [5.41, 5.74) is 2.39. The lowest BCUT2D eigenvalue weighted by Crippen LogP contribution is -1.88. The number of benzene rings is 2. The van der Waals surface area contributed by atoms with E-state index in [9.17, 15) is 15.4 Å². The molecule has 0 amide bonds. The third-order valence-electron chi connectivity index (χ3n) is 4.25. The molecule has 0 aliphatic heterocycles. The van der Waals surface area contributed by atoms with E-state index in [1.807, 2.05) is 18.2 Å². The van der Waals surface area contributed by atoms with Crippen molar-refractivity contribution in [1.82, 2.24) is 4.98 Å². The fourth-order valence-electron chi connectivity index (χ4n) is 2.79. The van der Waals surface area contributed by atoms with E-state index in [1.165, 1.54) is 23.5 Å². The molecular weight excluding hydrogens is 422 g/mol. The number of non-ortho nitro benzene ring substituents is 1. The number of nitro groups is 1. The summed E-state index contributed by atoms with van der Waals surface area (Å²) < 4.78 is 5.83. The fraction of sp³-hybridized carbons (Fsp3) is 0. The van der Waals surface area contributed by atoms with E-state index in [0.717, 1.165) is 5.56 Å². The Balaban J connectivity index is 1.62. The highest BCUT2D eigenvalue weighted by atomic mass is 35.5. The van der Waals surface area contributed by atoms with Gasteiger partial charge in [0.05, 0.1) is 16.2 Å². The molecule has 0 bridgehead atoms. The molecule has 0 spiro atoms. The zero-order valence-corrected chi connectivity index (χ0v) is 16.9. The molecular formula is C22H12ClN3O3S. The number of nitro benzene ring substituents is 1. The van der Waals surface area contributed by atoms with Gasteiger partial charge >= 0.3 is 0 Å². The first kappa shape index (κ1) is 19.6. The van der Waals surface area contributed by atoms with Gasteiger partial charge in [0.2, 0.25) is 0 Å². The molecule has 0 N–H and O–H groups in total. The summed E-state index contributed by atoms with van der Waals surface area (Å²) >= 11 is 7.20. The van der Waals surface area contributed by atoms with Gasteiger partial charge in [-0.15, -0.1) is 11.3 Å². The number of nitriles is 1. The largest absolute Gasteiger partial charge is 0.457 e. The van der Waals surface area contributed by atoms with E-state index in [1.54, 1.807) is 41.8 Å². The van der Waals surface area contributed by atoms with Crippen LogP contribution in [-0.4, -0.2) is 9.91 Å². The van der Waals surface area contributed by atoms with Crippen molar-refractivity contribution in [3.8, 4) is 28.7 Å². The Morgan fingerprint density at radius 1 is 1.17 bits per heavy atom. The van der Waals surface area contributed by atoms with Gasteiger partial charge in [-0.3, -0.25) is 10.1 Å². The lowest BCUT2D eigenvalue weighted by atomic mass is 10.1. The molecule has 2 heterocycles. The predicted octanol–water partition coefficient (Wildman–Crippen LogP) is 6.70. The summed E-state index contributed by atoms with van der Waals surface area (Å²) in [7, 11) is 0. The lowest BCUT2D eigenvalue weighted by molar-refractivity contribution is -0.384. The number of nitrogens with zero attached hydrogens (tertiary/aromatic N) is 3. The van der Waals surface area contributed by atoms with E-state index < -0.39 is 4.92 Å². The van der Waals surface area contributed by atoms with Crippen LogP contribution in [0.2, 0.25) is 5.02 Å². The highest BCUT2D eigenvalue weighted by molar-refractivity contribution is 7.11. The van der Waals surface area contributed by atoms with Gasteiger partial charge in [-0.05, 0) is 36.4 Å². The van der Waals surface area contributed by atoms with Crippen molar-refractivity contribution in [2.45, 2.75) is 0 Å². The van der Waals surface area contributed by atoms with E-state index in [-0.39, 0.29) is 5.69 Å². The number of halogens is 1. The minimum Gasteiger partial charge on any atom is -0.457 e. The molecule has 0 fully saturated rings. The van der Waals surface area contributed by atoms with Crippen molar-refractivity contribution < 1.29 is 9.34 Å². The van der Waals surface area contributed by atoms with E-state index in [4.69, 9.17) is 16.0 Å². The molecule has 0 saturated carbocycles.